The number of hydrogen-bond donors (Lipinski definition) is 0. The third-order valence-corrected chi connectivity index (χ3v) is 4.58. The summed E-state index contributed by atoms with van der Waals surface area (Å²) in [4.78, 5) is 2.61. The molecule has 0 aliphatic carbocycles. The van der Waals surface area contributed by atoms with Crippen LogP contribution in [-0.4, -0.2) is 31.1 Å². The maximum Gasteiger partial charge on any atom is 0.122 e. The first kappa shape index (κ1) is 16.4. The number of benzene rings is 1. The number of hydrogen-bond acceptors (Lipinski definition) is 2. The van der Waals surface area contributed by atoms with Gasteiger partial charge in [0.25, 0.3) is 0 Å². The number of aryl methyl sites for hydroxylation is 2. The van der Waals surface area contributed by atoms with E-state index in [-0.39, 0.29) is 0 Å². The Kier molecular flexibility index (Phi) is 5.69. The van der Waals surface area contributed by atoms with Gasteiger partial charge in [-0.05, 0) is 68.2 Å². The van der Waals surface area contributed by atoms with Gasteiger partial charge >= 0.3 is 0 Å². The third kappa shape index (κ3) is 4.74. The van der Waals surface area contributed by atoms with Crippen LogP contribution in [-0.2, 0) is 0 Å². The molecular formula is C19H31NO. The molecule has 0 N–H and O–H groups in total. The number of rotatable bonds is 5. The first-order valence-corrected chi connectivity index (χ1v) is 8.38. The molecule has 0 bridgehead atoms. The first-order chi connectivity index (χ1) is 9.95. The van der Waals surface area contributed by atoms with E-state index in [1.807, 2.05) is 0 Å². The molecule has 21 heavy (non-hydrogen) atoms. The number of piperidine rings is 1. The van der Waals surface area contributed by atoms with E-state index in [0.29, 0.717) is 0 Å². The number of nitrogens with zero attached hydrogens (tertiary/aromatic N) is 1. The van der Waals surface area contributed by atoms with Crippen LogP contribution in [0.5, 0.6) is 5.75 Å². The molecule has 118 valence electrons. The van der Waals surface area contributed by atoms with Gasteiger partial charge in [0.15, 0.2) is 0 Å². The Morgan fingerprint density at radius 3 is 2.43 bits per heavy atom. The van der Waals surface area contributed by atoms with Crippen LogP contribution in [0.15, 0.2) is 12.1 Å². The molecule has 1 fully saturated rings. The molecule has 0 spiro atoms. The van der Waals surface area contributed by atoms with Crippen molar-refractivity contribution in [1.29, 1.82) is 0 Å². The lowest BCUT2D eigenvalue weighted by Crippen LogP contribution is -2.39. The summed E-state index contributed by atoms with van der Waals surface area (Å²) in [6.07, 6.45) is 2.50. The zero-order valence-corrected chi connectivity index (χ0v) is 14.4. The molecule has 2 rings (SSSR count). The second kappa shape index (κ2) is 7.31. The predicted octanol–water partition coefficient (Wildman–Crippen LogP) is 4.36. The van der Waals surface area contributed by atoms with Crippen LogP contribution in [0.4, 0.5) is 0 Å². The van der Waals surface area contributed by atoms with E-state index < -0.39 is 0 Å². The summed E-state index contributed by atoms with van der Waals surface area (Å²) < 4.78 is 6.02. The van der Waals surface area contributed by atoms with Gasteiger partial charge in [0.1, 0.15) is 5.75 Å². The van der Waals surface area contributed by atoms with Gasteiger partial charge in [-0.15, -0.1) is 0 Å². The van der Waals surface area contributed by atoms with Gasteiger partial charge < -0.3 is 9.64 Å². The highest BCUT2D eigenvalue weighted by Crippen LogP contribution is 2.24. The van der Waals surface area contributed by atoms with Crippen molar-refractivity contribution in [2.45, 2.75) is 47.5 Å². The van der Waals surface area contributed by atoms with Crippen LogP contribution in [0, 0.1) is 32.6 Å². The van der Waals surface area contributed by atoms with Gasteiger partial charge in [-0.2, -0.15) is 0 Å². The van der Waals surface area contributed by atoms with Gasteiger partial charge in [-0.25, -0.2) is 0 Å². The molecule has 1 aromatic carbocycles. The average Bonchev–Trinajstić information content (AvgIpc) is 2.39. The molecule has 2 nitrogen and oxygen atoms in total. The molecule has 0 amide bonds. The quantitative estimate of drug-likeness (QED) is 0.747. The second-order valence-corrected chi connectivity index (χ2v) is 7.11. The summed E-state index contributed by atoms with van der Waals surface area (Å²) in [5.41, 5.74) is 3.89. The predicted molar refractivity (Wildman–Crippen MR) is 90.2 cm³/mol. The monoisotopic (exact) mass is 289 g/mol. The molecule has 0 unspecified atom stereocenters. The van der Waals surface area contributed by atoms with Crippen LogP contribution >= 0.6 is 0 Å². The van der Waals surface area contributed by atoms with E-state index >= 15 is 0 Å². The Hall–Kier alpha value is -1.02. The number of ether oxygens (including phenoxy) is 1. The maximum absolute atomic E-state index is 6.02. The number of likely N-dealkylation sites (tertiary alicyclic amines) is 1. The normalized spacial score (nSPS) is 23.3. The van der Waals surface area contributed by atoms with Crippen LogP contribution < -0.4 is 4.74 Å². The summed E-state index contributed by atoms with van der Waals surface area (Å²) in [5.74, 6) is 2.75. The molecule has 0 radical (unpaired) electrons. The summed E-state index contributed by atoms with van der Waals surface area (Å²) in [6.45, 7) is 15.7. The Morgan fingerprint density at radius 2 is 1.76 bits per heavy atom. The van der Waals surface area contributed by atoms with Gasteiger partial charge in [0.05, 0.1) is 6.61 Å². The Balaban J connectivity index is 1.77. The van der Waals surface area contributed by atoms with Crippen molar-refractivity contribution >= 4 is 0 Å². The molecule has 0 saturated carbocycles. The molecular weight excluding hydrogens is 258 g/mol. The van der Waals surface area contributed by atoms with Crippen molar-refractivity contribution in [2.24, 2.45) is 11.8 Å². The van der Waals surface area contributed by atoms with Crippen molar-refractivity contribution in [3.05, 3.63) is 28.8 Å². The highest BCUT2D eigenvalue weighted by atomic mass is 16.5. The second-order valence-electron chi connectivity index (χ2n) is 7.11. The largest absolute Gasteiger partial charge is 0.493 e. The Labute approximate surface area is 130 Å². The fraction of sp³-hybridized carbons (Fsp3) is 0.684. The first-order valence-electron chi connectivity index (χ1n) is 8.38. The minimum Gasteiger partial charge on any atom is -0.493 e. The molecule has 2 heteroatoms. The van der Waals surface area contributed by atoms with Crippen molar-refractivity contribution in [1.82, 2.24) is 4.90 Å². The average molecular weight is 289 g/mol. The Bertz CT molecular complexity index is 459. The van der Waals surface area contributed by atoms with E-state index in [4.69, 9.17) is 4.74 Å². The fourth-order valence-corrected chi connectivity index (χ4v) is 3.60. The SMILES string of the molecule is Cc1cc(C)c(C)c(OCCCN2C[C@H](C)C[C@@H](C)C2)c1. The maximum atomic E-state index is 6.02. The van der Waals surface area contributed by atoms with Crippen LogP contribution in [0.1, 0.15) is 43.4 Å². The summed E-state index contributed by atoms with van der Waals surface area (Å²) in [6, 6.07) is 4.38. The lowest BCUT2D eigenvalue weighted by atomic mass is 9.92. The van der Waals surface area contributed by atoms with Crippen LogP contribution in [0.2, 0.25) is 0 Å². The highest BCUT2D eigenvalue weighted by molar-refractivity contribution is 5.41. The van der Waals surface area contributed by atoms with E-state index in [9.17, 15) is 0 Å². The van der Waals surface area contributed by atoms with E-state index in [1.165, 1.54) is 42.7 Å². The lowest BCUT2D eigenvalue weighted by molar-refractivity contribution is 0.132. The molecule has 1 aliphatic rings. The molecule has 0 aromatic heterocycles. The van der Waals surface area contributed by atoms with E-state index in [2.05, 4.69) is 51.7 Å². The highest BCUT2D eigenvalue weighted by Gasteiger charge is 2.21. The molecule has 1 saturated heterocycles. The summed E-state index contributed by atoms with van der Waals surface area (Å²) in [5, 5.41) is 0. The van der Waals surface area contributed by atoms with E-state index in [1.54, 1.807) is 0 Å². The zero-order chi connectivity index (χ0) is 15.4. The Morgan fingerprint density at radius 1 is 1.10 bits per heavy atom. The van der Waals surface area contributed by atoms with Gasteiger partial charge in [0, 0.05) is 19.6 Å². The van der Waals surface area contributed by atoms with Crippen LogP contribution in [0.25, 0.3) is 0 Å². The van der Waals surface area contributed by atoms with Crippen molar-refractivity contribution in [3.8, 4) is 5.75 Å². The standard InChI is InChI=1S/C19H31NO/c1-14-10-17(4)18(5)19(11-14)21-8-6-7-20-12-15(2)9-16(3)13-20/h10-11,15-16H,6-9,12-13H2,1-5H3/t15-,16-/m1/s1. The molecule has 1 aliphatic heterocycles. The summed E-state index contributed by atoms with van der Waals surface area (Å²) in [7, 11) is 0. The third-order valence-electron chi connectivity index (χ3n) is 4.58. The van der Waals surface area contributed by atoms with Gasteiger partial charge in [-0.1, -0.05) is 19.9 Å². The smallest absolute Gasteiger partial charge is 0.122 e. The minimum atomic E-state index is 0.822. The van der Waals surface area contributed by atoms with E-state index in [0.717, 1.165) is 30.6 Å². The zero-order valence-electron chi connectivity index (χ0n) is 14.4. The van der Waals surface area contributed by atoms with Gasteiger partial charge in [-0.3, -0.25) is 0 Å². The minimum absolute atomic E-state index is 0.822. The lowest BCUT2D eigenvalue weighted by Gasteiger charge is -2.34. The molecule has 2 atom stereocenters. The van der Waals surface area contributed by atoms with Crippen molar-refractivity contribution < 1.29 is 4.74 Å². The molecule has 1 heterocycles. The topological polar surface area (TPSA) is 12.5 Å². The molecule has 1 aromatic rings. The fourth-order valence-electron chi connectivity index (χ4n) is 3.60. The van der Waals surface area contributed by atoms with Crippen molar-refractivity contribution in [3.63, 3.8) is 0 Å². The summed E-state index contributed by atoms with van der Waals surface area (Å²) >= 11 is 0. The van der Waals surface area contributed by atoms with Gasteiger partial charge in [0.2, 0.25) is 0 Å². The van der Waals surface area contributed by atoms with Crippen LogP contribution in [0.3, 0.4) is 0 Å². The van der Waals surface area contributed by atoms with Crippen molar-refractivity contribution in [2.75, 3.05) is 26.2 Å².